The van der Waals surface area contributed by atoms with Crippen LogP contribution in [0.4, 0.5) is 9.18 Å². The highest BCUT2D eigenvalue weighted by molar-refractivity contribution is 6.31. The Morgan fingerprint density at radius 1 is 1.07 bits per heavy atom. The van der Waals surface area contributed by atoms with E-state index in [1.807, 2.05) is 30.3 Å². The van der Waals surface area contributed by atoms with E-state index in [1.54, 1.807) is 11.0 Å². The lowest BCUT2D eigenvalue weighted by Gasteiger charge is -2.47. The standard InChI is InChI=1S/C21H21ClFN3O2/c22-16-8-4-9-17(23)15(16)13-25-18-10-5-11-24-19(18)20(27)26(21(25)28)12-14-6-2-1-3-7-14/h1-4,6-9,18-19,24H,5,10-13H2. The van der Waals surface area contributed by atoms with Crippen molar-refractivity contribution in [2.75, 3.05) is 6.54 Å². The molecule has 2 atom stereocenters. The number of nitrogens with zero attached hydrogens (tertiary/aromatic N) is 2. The summed E-state index contributed by atoms with van der Waals surface area (Å²) < 4.78 is 14.4. The molecule has 0 spiro atoms. The van der Waals surface area contributed by atoms with Crippen molar-refractivity contribution in [3.63, 3.8) is 0 Å². The first-order valence-electron chi connectivity index (χ1n) is 9.38. The van der Waals surface area contributed by atoms with Crippen LogP contribution in [0.2, 0.25) is 5.02 Å². The van der Waals surface area contributed by atoms with Gasteiger partial charge in [-0.2, -0.15) is 0 Å². The first kappa shape index (κ1) is 18.9. The molecule has 1 N–H and O–H groups in total. The van der Waals surface area contributed by atoms with Gasteiger partial charge in [-0.25, -0.2) is 9.18 Å². The summed E-state index contributed by atoms with van der Waals surface area (Å²) in [6.45, 7) is 0.936. The van der Waals surface area contributed by atoms with E-state index in [4.69, 9.17) is 11.6 Å². The third kappa shape index (κ3) is 3.50. The van der Waals surface area contributed by atoms with Crippen molar-refractivity contribution in [2.45, 2.75) is 38.0 Å². The van der Waals surface area contributed by atoms with Crippen molar-refractivity contribution in [2.24, 2.45) is 0 Å². The van der Waals surface area contributed by atoms with Crippen LogP contribution in [0.25, 0.3) is 0 Å². The van der Waals surface area contributed by atoms with Crippen molar-refractivity contribution >= 4 is 23.5 Å². The van der Waals surface area contributed by atoms with Crippen LogP contribution in [0.5, 0.6) is 0 Å². The molecule has 0 radical (unpaired) electrons. The highest BCUT2D eigenvalue weighted by Crippen LogP contribution is 2.30. The molecule has 2 heterocycles. The number of rotatable bonds is 4. The monoisotopic (exact) mass is 401 g/mol. The number of imide groups is 1. The van der Waals surface area contributed by atoms with E-state index >= 15 is 0 Å². The summed E-state index contributed by atoms with van der Waals surface area (Å²) in [4.78, 5) is 29.1. The molecule has 0 aromatic heterocycles. The number of hydrogen-bond acceptors (Lipinski definition) is 3. The summed E-state index contributed by atoms with van der Waals surface area (Å²) in [5.74, 6) is -0.679. The topological polar surface area (TPSA) is 52.7 Å². The van der Waals surface area contributed by atoms with Crippen molar-refractivity contribution in [1.29, 1.82) is 0 Å². The zero-order valence-electron chi connectivity index (χ0n) is 15.3. The van der Waals surface area contributed by atoms with Gasteiger partial charge in [0.2, 0.25) is 5.91 Å². The highest BCUT2D eigenvalue weighted by atomic mass is 35.5. The number of amides is 3. The van der Waals surface area contributed by atoms with Crippen molar-refractivity contribution < 1.29 is 14.0 Å². The van der Waals surface area contributed by atoms with Gasteiger partial charge >= 0.3 is 6.03 Å². The lowest BCUT2D eigenvalue weighted by Crippen LogP contribution is -2.69. The second-order valence-electron chi connectivity index (χ2n) is 7.16. The SMILES string of the molecule is O=C1C2NCCCC2N(Cc2c(F)cccc2Cl)C(=O)N1Cc1ccccc1. The van der Waals surface area contributed by atoms with Gasteiger partial charge in [-0.3, -0.25) is 9.69 Å². The summed E-state index contributed by atoms with van der Waals surface area (Å²) in [5, 5.41) is 3.52. The minimum atomic E-state index is -0.485. The maximum atomic E-state index is 14.4. The summed E-state index contributed by atoms with van der Waals surface area (Å²) >= 11 is 6.19. The van der Waals surface area contributed by atoms with E-state index in [9.17, 15) is 14.0 Å². The molecule has 28 heavy (non-hydrogen) atoms. The van der Waals surface area contributed by atoms with Gasteiger partial charge in [-0.1, -0.05) is 48.0 Å². The quantitative estimate of drug-likeness (QED) is 0.852. The molecule has 3 amide bonds. The Balaban J connectivity index is 1.67. The highest BCUT2D eigenvalue weighted by Gasteiger charge is 2.47. The number of fused-ring (bicyclic) bond motifs is 1. The fourth-order valence-electron chi connectivity index (χ4n) is 3.97. The predicted octanol–water partition coefficient (Wildman–Crippen LogP) is 3.56. The molecule has 0 aliphatic carbocycles. The smallest absolute Gasteiger partial charge is 0.315 e. The fraction of sp³-hybridized carbons (Fsp3) is 0.333. The molecule has 7 heteroatoms. The predicted molar refractivity (Wildman–Crippen MR) is 104 cm³/mol. The normalized spacial score (nSPS) is 22.4. The van der Waals surface area contributed by atoms with Crippen LogP contribution in [-0.2, 0) is 17.9 Å². The minimum Gasteiger partial charge on any atom is -0.315 e. The Kier molecular flexibility index (Phi) is 5.33. The molecule has 0 saturated carbocycles. The van der Waals surface area contributed by atoms with E-state index < -0.39 is 17.9 Å². The van der Waals surface area contributed by atoms with E-state index in [0.717, 1.165) is 12.0 Å². The average Bonchev–Trinajstić information content (AvgIpc) is 2.71. The number of nitrogens with one attached hydrogen (secondary N) is 1. The Hall–Kier alpha value is -2.44. The third-order valence-corrected chi connectivity index (χ3v) is 5.76. The van der Waals surface area contributed by atoms with Crippen LogP contribution in [-0.4, -0.2) is 40.4 Å². The first-order chi connectivity index (χ1) is 13.6. The number of carbonyl (C=O) groups excluding carboxylic acids is 2. The number of piperidine rings is 1. The van der Waals surface area contributed by atoms with Crippen LogP contribution in [0.15, 0.2) is 48.5 Å². The van der Waals surface area contributed by atoms with Crippen LogP contribution in [0, 0.1) is 5.82 Å². The fourth-order valence-corrected chi connectivity index (χ4v) is 4.19. The van der Waals surface area contributed by atoms with Gasteiger partial charge in [0, 0.05) is 10.6 Å². The van der Waals surface area contributed by atoms with E-state index in [0.29, 0.717) is 13.0 Å². The van der Waals surface area contributed by atoms with E-state index in [-0.39, 0.29) is 35.6 Å². The second kappa shape index (κ2) is 7.89. The van der Waals surface area contributed by atoms with Crippen LogP contribution in [0.3, 0.4) is 0 Å². The van der Waals surface area contributed by atoms with Crippen LogP contribution < -0.4 is 5.32 Å². The molecule has 0 bridgehead atoms. The van der Waals surface area contributed by atoms with Crippen molar-refractivity contribution in [3.05, 3.63) is 70.5 Å². The average molecular weight is 402 g/mol. The number of benzene rings is 2. The van der Waals surface area contributed by atoms with E-state index in [2.05, 4.69) is 5.32 Å². The molecular weight excluding hydrogens is 381 g/mol. The van der Waals surface area contributed by atoms with Gasteiger partial charge in [0.1, 0.15) is 11.9 Å². The van der Waals surface area contributed by atoms with Crippen LogP contribution in [0.1, 0.15) is 24.0 Å². The number of halogens is 2. The molecular formula is C21H21ClFN3O2. The lowest BCUT2D eigenvalue weighted by atomic mass is 9.92. The van der Waals surface area contributed by atoms with E-state index in [1.165, 1.54) is 17.0 Å². The minimum absolute atomic E-state index is 0.0335. The molecule has 2 fully saturated rings. The van der Waals surface area contributed by atoms with Crippen molar-refractivity contribution in [1.82, 2.24) is 15.1 Å². The molecule has 2 aromatic carbocycles. The van der Waals surface area contributed by atoms with Gasteiger partial charge < -0.3 is 10.2 Å². The zero-order valence-corrected chi connectivity index (χ0v) is 16.0. The summed E-state index contributed by atoms with van der Waals surface area (Å²) in [7, 11) is 0. The molecule has 2 saturated heterocycles. The molecule has 5 nitrogen and oxygen atoms in total. The summed E-state index contributed by atoms with van der Waals surface area (Å²) in [5.41, 5.74) is 1.14. The molecule has 2 aliphatic heterocycles. The zero-order chi connectivity index (χ0) is 19.7. The van der Waals surface area contributed by atoms with Crippen molar-refractivity contribution in [3.8, 4) is 0 Å². The van der Waals surface area contributed by atoms with Crippen LogP contribution >= 0.6 is 11.6 Å². The molecule has 4 rings (SSSR count). The van der Waals surface area contributed by atoms with Gasteiger partial charge in [0.25, 0.3) is 0 Å². The van der Waals surface area contributed by atoms with Gasteiger partial charge in [0.05, 0.1) is 19.1 Å². The summed E-state index contributed by atoms with van der Waals surface area (Å²) in [6.07, 6.45) is 1.54. The molecule has 2 unspecified atom stereocenters. The van der Waals surface area contributed by atoms with Gasteiger partial charge in [-0.05, 0) is 37.1 Å². The number of hydrogen-bond donors (Lipinski definition) is 1. The second-order valence-corrected chi connectivity index (χ2v) is 7.57. The Morgan fingerprint density at radius 2 is 1.86 bits per heavy atom. The Morgan fingerprint density at radius 3 is 2.61 bits per heavy atom. The van der Waals surface area contributed by atoms with Gasteiger partial charge in [0.15, 0.2) is 0 Å². The Labute approximate surface area is 168 Å². The molecule has 146 valence electrons. The number of urea groups is 1. The lowest BCUT2D eigenvalue weighted by molar-refractivity contribution is -0.137. The maximum absolute atomic E-state index is 14.4. The maximum Gasteiger partial charge on any atom is 0.327 e. The Bertz CT molecular complexity index is 872. The third-order valence-electron chi connectivity index (χ3n) is 5.41. The molecule has 2 aliphatic rings. The largest absolute Gasteiger partial charge is 0.327 e. The first-order valence-corrected chi connectivity index (χ1v) is 9.76. The summed E-state index contributed by atoms with van der Waals surface area (Å²) in [6, 6.07) is 12.6. The van der Waals surface area contributed by atoms with Gasteiger partial charge in [-0.15, -0.1) is 0 Å². The number of carbonyl (C=O) groups is 2. The molecule has 2 aromatic rings.